The highest BCUT2D eigenvalue weighted by molar-refractivity contribution is 5.53. The fourth-order valence-electron chi connectivity index (χ4n) is 2.50. The lowest BCUT2D eigenvalue weighted by molar-refractivity contribution is 0.348. The lowest BCUT2D eigenvalue weighted by atomic mass is 9.94. The van der Waals surface area contributed by atoms with Gasteiger partial charge in [-0.25, -0.2) is 0 Å². The first-order valence-corrected chi connectivity index (χ1v) is 6.86. The van der Waals surface area contributed by atoms with E-state index in [2.05, 4.69) is 53.6 Å². The summed E-state index contributed by atoms with van der Waals surface area (Å²) in [6.07, 6.45) is 1.84. The average Bonchev–Trinajstić information content (AvgIpc) is 2.86. The van der Waals surface area contributed by atoms with Gasteiger partial charge in [0.1, 0.15) is 0 Å². The number of rotatable bonds is 3. The van der Waals surface area contributed by atoms with Gasteiger partial charge in [-0.05, 0) is 24.0 Å². The molecular weight excluding hydrogens is 238 g/mol. The quantitative estimate of drug-likeness (QED) is 0.918. The normalized spacial score (nSPS) is 18.2. The predicted octanol–water partition coefficient (Wildman–Crippen LogP) is 3.02. The Kier molecular flexibility index (Phi) is 3.23. The highest BCUT2D eigenvalue weighted by atomic mass is 16.5. The maximum Gasteiger partial charge on any atom is 0.231 e. The number of anilines is 1. The minimum atomic E-state index is 0.281. The first kappa shape index (κ1) is 12.2. The number of aromatic nitrogens is 2. The second kappa shape index (κ2) is 5.03. The molecule has 0 saturated heterocycles. The molecule has 1 unspecified atom stereocenters. The zero-order valence-electron chi connectivity index (χ0n) is 11.4. The van der Waals surface area contributed by atoms with E-state index in [0.717, 1.165) is 31.1 Å². The van der Waals surface area contributed by atoms with Crippen molar-refractivity contribution >= 4 is 5.69 Å². The second-order valence-corrected chi connectivity index (χ2v) is 5.59. The number of nitrogens with one attached hydrogen (secondary N) is 1. The molecule has 1 aliphatic rings. The molecule has 0 radical (unpaired) electrons. The molecule has 2 aromatic rings. The molecule has 100 valence electrons. The van der Waals surface area contributed by atoms with Crippen LogP contribution in [0.3, 0.4) is 0 Å². The minimum absolute atomic E-state index is 0.281. The molecule has 0 bridgehead atoms. The highest BCUT2D eigenvalue weighted by Crippen LogP contribution is 2.29. The van der Waals surface area contributed by atoms with Crippen molar-refractivity contribution in [1.29, 1.82) is 0 Å². The first-order valence-electron chi connectivity index (χ1n) is 6.86. The maximum absolute atomic E-state index is 5.42. The molecule has 0 fully saturated rings. The van der Waals surface area contributed by atoms with Crippen molar-refractivity contribution in [2.24, 2.45) is 5.92 Å². The average molecular weight is 257 g/mol. The van der Waals surface area contributed by atoms with E-state index in [9.17, 15) is 0 Å². The summed E-state index contributed by atoms with van der Waals surface area (Å²) in [6, 6.07) is 8.39. The number of fused-ring (bicyclic) bond motifs is 1. The summed E-state index contributed by atoms with van der Waals surface area (Å²) in [5.41, 5.74) is 2.54. The van der Waals surface area contributed by atoms with Crippen molar-refractivity contribution in [1.82, 2.24) is 10.1 Å². The molecule has 4 nitrogen and oxygen atoms in total. The molecule has 2 heterocycles. The van der Waals surface area contributed by atoms with E-state index in [1.807, 2.05) is 0 Å². The Bertz CT molecular complexity index is 562. The zero-order chi connectivity index (χ0) is 13.2. The Morgan fingerprint density at radius 2 is 2.21 bits per heavy atom. The molecule has 1 aromatic carbocycles. The lowest BCUT2D eigenvalue weighted by Gasteiger charge is -2.23. The molecule has 1 N–H and O–H groups in total. The Hall–Kier alpha value is -1.84. The molecule has 0 amide bonds. The van der Waals surface area contributed by atoms with Gasteiger partial charge in [-0.3, -0.25) is 0 Å². The second-order valence-electron chi connectivity index (χ2n) is 5.59. The fraction of sp³-hybridized carbons (Fsp3) is 0.467. The van der Waals surface area contributed by atoms with E-state index in [1.54, 1.807) is 0 Å². The molecule has 0 saturated carbocycles. The molecule has 4 heteroatoms. The van der Waals surface area contributed by atoms with Gasteiger partial charge in [0.05, 0.1) is 5.92 Å². The summed E-state index contributed by atoms with van der Waals surface area (Å²) in [5.74, 6) is 2.42. The molecule has 3 rings (SSSR count). The van der Waals surface area contributed by atoms with Crippen molar-refractivity contribution in [2.75, 3.05) is 11.9 Å². The molecule has 1 aliphatic heterocycles. The Balaban J connectivity index is 1.76. The summed E-state index contributed by atoms with van der Waals surface area (Å²) in [5, 5.41) is 7.51. The van der Waals surface area contributed by atoms with E-state index in [1.165, 1.54) is 11.3 Å². The van der Waals surface area contributed by atoms with E-state index in [4.69, 9.17) is 4.52 Å². The standard InChI is InChI=1S/C15H19N3O/c1-10(2)7-14-17-15(19-18-14)12-8-11-5-3-4-6-13(11)16-9-12/h3-6,10,12,16H,7-9H2,1-2H3. The summed E-state index contributed by atoms with van der Waals surface area (Å²) in [4.78, 5) is 4.53. The molecule has 1 aromatic heterocycles. The molecule has 1 atom stereocenters. The monoisotopic (exact) mass is 257 g/mol. The van der Waals surface area contributed by atoms with Gasteiger partial charge in [-0.2, -0.15) is 4.98 Å². The number of nitrogens with zero attached hydrogens (tertiary/aromatic N) is 2. The van der Waals surface area contributed by atoms with Gasteiger partial charge in [-0.15, -0.1) is 0 Å². The van der Waals surface area contributed by atoms with Crippen LogP contribution in [-0.2, 0) is 12.8 Å². The molecular formula is C15H19N3O. The van der Waals surface area contributed by atoms with Crippen molar-refractivity contribution < 1.29 is 4.52 Å². The van der Waals surface area contributed by atoms with Crippen LogP contribution in [0.1, 0.15) is 37.0 Å². The topological polar surface area (TPSA) is 51.0 Å². The summed E-state index contributed by atoms with van der Waals surface area (Å²) < 4.78 is 5.42. The molecule has 0 aliphatic carbocycles. The van der Waals surface area contributed by atoms with Gasteiger partial charge in [0, 0.05) is 18.7 Å². The van der Waals surface area contributed by atoms with Gasteiger partial charge in [0.25, 0.3) is 0 Å². The van der Waals surface area contributed by atoms with E-state index >= 15 is 0 Å². The minimum Gasteiger partial charge on any atom is -0.384 e. The predicted molar refractivity (Wildman–Crippen MR) is 74.2 cm³/mol. The number of benzene rings is 1. The van der Waals surface area contributed by atoms with E-state index in [0.29, 0.717) is 5.92 Å². The zero-order valence-corrected chi connectivity index (χ0v) is 11.4. The summed E-state index contributed by atoms with van der Waals surface area (Å²) in [7, 11) is 0. The van der Waals surface area contributed by atoms with Gasteiger partial charge in [0.15, 0.2) is 5.82 Å². The van der Waals surface area contributed by atoms with Crippen LogP contribution < -0.4 is 5.32 Å². The van der Waals surface area contributed by atoms with Crippen molar-refractivity contribution in [3.63, 3.8) is 0 Å². The van der Waals surface area contributed by atoms with Gasteiger partial charge >= 0.3 is 0 Å². The van der Waals surface area contributed by atoms with Crippen LogP contribution in [0.2, 0.25) is 0 Å². The van der Waals surface area contributed by atoms with Crippen molar-refractivity contribution in [3.05, 3.63) is 41.5 Å². The van der Waals surface area contributed by atoms with E-state index in [-0.39, 0.29) is 5.92 Å². The van der Waals surface area contributed by atoms with Crippen LogP contribution in [0.5, 0.6) is 0 Å². The third kappa shape index (κ3) is 2.62. The SMILES string of the molecule is CC(C)Cc1noc(C2CNc3ccccc3C2)n1. The van der Waals surface area contributed by atoms with Gasteiger partial charge in [-0.1, -0.05) is 37.2 Å². The summed E-state index contributed by atoms with van der Waals surface area (Å²) >= 11 is 0. The summed E-state index contributed by atoms with van der Waals surface area (Å²) in [6.45, 7) is 5.18. The third-order valence-electron chi connectivity index (χ3n) is 3.45. The highest BCUT2D eigenvalue weighted by Gasteiger charge is 2.24. The van der Waals surface area contributed by atoms with Crippen LogP contribution in [0.25, 0.3) is 0 Å². The van der Waals surface area contributed by atoms with Crippen LogP contribution in [0.4, 0.5) is 5.69 Å². The molecule has 0 spiro atoms. The van der Waals surface area contributed by atoms with Crippen LogP contribution >= 0.6 is 0 Å². The van der Waals surface area contributed by atoms with E-state index < -0.39 is 0 Å². The van der Waals surface area contributed by atoms with Crippen LogP contribution in [0, 0.1) is 5.92 Å². The number of para-hydroxylation sites is 1. The molecule has 19 heavy (non-hydrogen) atoms. The Morgan fingerprint density at radius 3 is 3.05 bits per heavy atom. The fourth-order valence-corrected chi connectivity index (χ4v) is 2.50. The van der Waals surface area contributed by atoms with Crippen LogP contribution in [-0.4, -0.2) is 16.7 Å². The maximum atomic E-state index is 5.42. The first-order chi connectivity index (χ1) is 9.22. The largest absolute Gasteiger partial charge is 0.384 e. The smallest absolute Gasteiger partial charge is 0.231 e. The van der Waals surface area contributed by atoms with Crippen molar-refractivity contribution in [2.45, 2.75) is 32.6 Å². The van der Waals surface area contributed by atoms with Crippen LogP contribution in [0.15, 0.2) is 28.8 Å². The lowest BCUT2D eigenvalue weighted by Crippen LogP contribution is -2.21. The van der Waals surface area contributed by atoms with Gasteiger partial charge in [0.2, 0.25) is 5.89 Å². The van der Waals surface area contributed by atoms with Crippen molar-refractivity contribution in [3.8, 4) is 0 Å². The third-order valence-corrected chi connectivity index (χ3v) is 3.45. The number of hydrogen-bond acceptors (Lipinski definition) is 4. The Labute approximate surface area is 113 Å². The number of hydrogen-bond donors (Lipinski definition) is 1. The Morgan fingerprint density at radius 1 is 1.37 bits per heavy atom. The van der Waals surface area contributed by atoms with Gasteiger partial charge < -0.3 is 9.84 Å².